The molecule has 0 aromatic carbocycles. The van der Waals surface area contributed by atoms with Crippen LogP contribution in [0.4, 0.5) is 0 Å². The molecule has 1 aliphatic rings. The molecular formula is C7H11N3O. The number of nitrogens with zero attached hydrogens (tertiary/aromatic N) is 3. The van der Waals surface area contributed by atoms with Crippen LogP contribution in [0.1, 0.15) is 30.4 Å². The van der Waals surface area contributed by atoms with Gasteiger partial charge in [-0.3, -0.25) is 4.68 Å². The van der Waals surface area contributed by atoms with E-state index < -0.39 is 0 Å². The van der Waals surface area contributed by atoms with E-state index in [9.17, 15) is 0 Å². The Bertz CT molecular complexity index is 265. The van der Waals surface area contributed by atoms with E-state index in [4.69, 9.17) is 5.11 Å². The lowest BCUT2D eigenvalue weighted by Crippen LogP contribution is -1.98. The molecule has 0 amide bonds. The highest BCUT2D eigenvalue weighted by Gasteiger charge is 2.28. The SMILES string of the molecule is Cn1nc(C2CC2)nc1CO. The minimum Gasteiger partial charge on any atom is -0.388 e. The van der Waals surface area contributed by atoms with E-state index in [2.05, 4.69) is 10.1 Å². The summed E-state index contributed by atoms with van der Waals surface area (Å²) in [5, 5.41) is 13.0. The normalized spacial score (nSPS) is 17.3. The standard InChI is InChI=1S/C7H11N3O/c1-10-6(4-11)8-7(9-10)5-2-3-5/h5,11H,2-4H2,1H3. The van der Waals surface area contributed by atoms with Crippen molar-refractivity contribution in [2.24, 2.45) is 7.05 Å². The van der Waals surface area contributed by atoms with Crippen molar-refractivity contribution in [3.63, 3.8) is 0 Å². The lowest BCUT2D eigenvalue weighted by molar-refractivity contribution is 0.265. The lowest BCUT2D eigenvalue weighted by atomic mass is 10.4. The molecule has 0 spiro atoms. The number of rotatable bonds is 2. The van der Waals surface area contributed by atoms with Gasteiger partial charge in [-0.25, -0.2) is 4.98 Å². The third-order valence-corrected chi connectivity index (χ3v) is 1.95. The lowest BCUT2D eigenvalue weighted by Gasteiger charge is -1.89. The molecule has 0 aliphatic heterocycles. The summed E-state index contributed by atoms with van der Waals surface area (Å²) >= 11 is 0. The van der Waals surface area contributed by atoms with Crippen molar-refractivity contribution in [3.05, 3.63) is 11.6 Å². The van der Waals surface area contributed by atoms with Crippen LogP contribution in [0.3, 0.4) is 0 Å². The summed E-state index contributed by atoms with van der Waals surface area (Å²) in [4.78, 5) is 4.19. The average molecular weight is 153 g/mol. The molecule has 1 saturated carbocycles. The number of aliphatic hydroxyl groups is 1. The van der Waals surface area contributed by atoms with Gasteiger partial charge in [0.25, 0.3) is 0 Å². The van der Waals surface area contributed by atoms with E-state index >= 15 is 0 Å². The maximum absolute atomic E-state index is 8.81. The zero-order valence-corrected chi connectivity index (χ0v) is 6.49. The molecule has 1 aromatic heterocycles. The van der Waals surface area contributed by atoms with Gasteiger partial charge in [0, 0.05) is 13.0 Å². The van der Waals surface area contributed by atoms with Crippen molar-refractivity contribution < 1.29 is 5.11 Å². The predicted molar refractivity (Wildman–Crippen MR) is 38.9 cm³/mol. The van der Waals surface area contributed by atoms with Crippen LogP contribution in [0.2, 0.25) is 0 Å². The van der Waals surface area contributed by atoms with Gasteiger partial charge >= 0.3 is 0 Å². The fourth-order valence-corrected chi connectivity index (χ4v) is 1.09. The fraction of sp³-hybridized carbons (Fsp3) is 0.714. The summed E-state index contributed by atoms with van der Waals surface area (Å²) in [5.41, 5.74) is 0. The molecule has 60 valence electrons. The first-order chi connectivity index (χ1) is 5.31. The number of hydrogen-bond acceptors (Lipinski definition) is 3. The van der Waals surface area contributed by atoms with Gasteiger partial charge in [0.15, 0.2) is 11.6 Å². The largest absolute Gasteiger partial charge is 0.388 e. The second kappa shape index (κ2) is 2.30. The summed E-state index contributed by atoms with van der Waals surface area (Å²) in [6.45, 7) is -0.0176. The maximum atomic E-state index is 8.81. The van der Waals surface area contributed by atoms with Crippen LogP contribution in [0.25, 0.3) is 0 Å². The highest BCUT2D eigenvalue weighted by molar-refractivity contribution is 5.05. The molecule has 0 saturated heterocycles. The van der Waals surface area contributed by atoms with Crippen LogP contribution in [-0.4, -0.2) is 19.9 Å². The molecule has 1 aromatic rings. The summed E-state index contributed by atoms with van der Waals surface area (Å²) in [5.74, 6) is 2.13. The maximum Gasteiger partial charge on any atom is 0.154 e. The summed E-state index contributed by atoms with van der Waals surface area (Å²) < 4.78 is 1.65. The van der Waals surface area contributed by atoms with E-state index in [0.29, 0.717) is 11.7 Å². The predicted octanol–water partition coefficient (Wildman–Crippen LogP) is 0.185. The third kappa shape index (κ3) is 1.14. The monoisotopic (exact) mass is 153 g/mol. The molecule has 0 bridgehead atoms. The Hall–Kier alpha value is -0.900. The number of aliphatic hydroxyl groups excluding tert-OH is 1. The third-order valence-electron chi connectivity index (χ3n) is 1.95. The number of hydrogen-bond donors (Lipinski definition) is 1. The van der Waals surface area contributed by atoms with Crippen molar-refractivity contribution in [2.75, 3.05) is 0 Å². The first-order valence-corrected chi connectivity index (χ1v) is 3.82. The molecule has 2 rings (SSSR count). The van der Waals surface area contributed by atoms with Crippen molar-refractivity contribution in [1.29, 1.82) is 0 Å². The van der Waals surface area contributed by atoms with Crippen LogP contribution >= 0.6 is 0 Å². The first-order valence-electron chi connectivity index (χ1n) is 3.82. The van der Waals surface area contributed by atoms with Crippen molar-refractivity contribution in [3.8, 4) is 0 Å². The number of aryl methyl sites for hydroxylation is 1. The Morgan fingerprint density at radius 2 is 2.36 bits per heavy atom. The summed E-state index contributed by atoms with van der Waals surface area (Å²) in [7, 11) is 1.81. The molecule has 0 radical (unpaired) electrons. The van der Waals surface area contributed by atoms with Gasteiger partial charge in [-0.2, -0.15) is 5.10 Å². The van der Waals surface area contributed by atoms with Crippen LogP contribution < -0.4 is 0 Å². The van der Waals surface area contributed by atoms with E-state index in [1.807, 2.05) is 7.05 Å². The number of aromatic nitrogens is 3. The van der Waals surface area contributed by atoms with Crippen molar-refractivity contribution in [2.45, 2.75) is 25.4 Å². The van der Waals surface area contributed by atoms with Gasteiger partial charge < -0.3 is 5.11 Å². The molecule has 1 fully saturated rings. The molecule has 1 heterocycles. The Morgan fingerprint density at radius 3 is 2.82 bits per heavy atom. The van der Waals surface area contributed by atoms with Crippen LogP contribution in [0.15, 0.2) is 0 Å². The second-order valence-corrected chi connectivity index (χ2v) is 2.94. The highest BCUT2D eigenvalue weighted by Crippen LogP contribution is 2.37. The van der Waals surface area contributed by atoms with Gasteiger partial charge in [-0.05, 0) is 12.8 Å². The Morgan fingerprint density at radius 1 is 1.64 bits per heavy atom. The average Bonchev–Trinajstić information content (AvgIpc) is 2.76. The van der Waals surface area contributed by atoms with E-state index in [1.165, 1.54) is 12.8 Å². The molecule has 0 unspecified atom stereocenters. The van der Waals surface area contributed by atoms with E-state index in [0.717, 1.165) is 5.82 Å². The minimum absolute atomic E-state index is 0.0176. The molecule has 4 nitrogen and oxygen atoms in total. The molecule has 0 atom stereocenters. The van der Waals surface area contributed by atoms with Gasteiger partial charge in [0.2, 0.25) is 0 Å². The topological polar surface area (TPSA) is 50.9 Å². The highest BCUT2D eigenvalue weighted by atomic mass is 16.3. The first kappa shape index (κ1) is 6.79. The molecule has 1 aliphatic carbocycles. The van der Waals surface area contributed by atoms with Crippen molar-refractivity contribution >= 4 is 0 Å². The molecular weight excluding hydrogens is 142 g/mol. The zero-order chi connectivity index (χ0) is 7.84. The summed E-state index contributed by atoms with van der Waals surface area (Å²) in [6, 6.07) is 0. The van der Waals surface area contributed by atoms with Gasteiger partial charge in [0.05, 0.1) is 0 Å². The summed E-state index contributed by atoms with van der Waals surface area (Å²) in [6.07, 6.45) is 2.41. The van der Waals surface area contributed by atoms with Gasteiger partial charge in [0.1, 0.15) is 6.61 Å². The van der Waals surface area contributed by atoms with Crippen LogP contribution in [0, 0.1) is 0 Å². The van der Waals surface area contributed by atoms with Gasteiger partial charge in [-0.1, -0.05) is 0 Å². The van der Waals surface area contributed by atoms with E-state index in [-0.39, 0.29) is 6.61 Å². The quantitative estimate of drug-likeness (QED) is 0.659. The van der Waals surface area contributed by atoms with Crippen LogP contribution in [-0.2, 0) is 13.7 Å². The minimum atomic E-state index is -0.0176. The fourth-order valence-electron chi connectivity index (χ4n) is 1.09. The Kier molecular flexibility index (Phi) is 1.42. The zero-order valence-electron chi connectivity index (χ0n) is 6.49. The Labute approximate surface area is 64.9 Å². The molecule has 1 N–H and O–H groups in total. The molecule has 4 heteroatoms. The smallest absolute Gasteiger partial charge is 0.154 e. The van der Waals surface area contributed by atoms with Crippen LogP contribution in [0.5, 0.6) is 0 Å². The van der Waals surface area contributed by atoms with E-state index in [1.54, 1.807) is 4.68 Å². The van der Waals surface area contributed by atoms with Gasteiger partial charge in [-0.15, -0.1) is 0 Å². The molecule has 11 heavy (non-hydrogen) atoms. The second-order valence-electron chi connectivity index (χ2n) is 2.94. The Balaban J connectivity index is 2.28. The van der Waals surface area contributed by atoms with Crippen molar-refractivity contribution in [1.82, 2.24) is 14.8 Å².